The molecule has 11 heteroatoms. The Hall–Kier alpha value is -2.73. The molecule has 3 saturated heterocycles. The number of nitrogens with two attached hydrogens (primary N) is 2. The third-order valence-electron chi connectivity index (χ3n) is 11.6. The van der Waals surface area contributed by atoms with Crippen LogP contribution in [0.4, 0.5) is 10.5 Å². The SMILES string of the molecule is CCC1OC(=O)C(C)C(OC2CC(C)CC(C)O2)C(C)CCCC(C)C(=O)C(C)C2N(CCCCNCC(N)c3cccc(N)c3)C(=O)OC12C. The van der Waals surface area contributed by atoms with Crippen LogP contribution < -0.4 is 16.8 Å². The van der Waals surface area contributed by atoms with Crippen LogP contribution in [-0.2, 0) is 28.5 Å². The first-order valence-corrected chi connectivity index (χ1v) is 19.5. The molecule has 5 N–H and O–H groups in total. The van der Waals surface area contributed by atoms with Gasteiger partial charge in [-0.05, 0) is 95.4 Å². The van der Waals surface area contributed by atoms with Crippen LogP contribution in [0.5, 0.6) is 0 Å². The highest BCUT2D eigenvalue weighted by molar-refractivity contribution is 5.85. The third-order valence-corrected chi connectivity index (χ3v) is 11.6. The third kappa shape index (κ3) is 10.2. The van der Waals surface area contributed by atoms with Gasteiger partial charge in [0.25, 0.3) is 0 Å². The van der Waals surface area contributed by atoms with E-state index < -0.39 is 54.0 Å². The molecule has 0 aliphatic carbocycles. The lowest BCUT2D eigenvalue weighted by Gasteiger charge is -2.41. The number of carbonyl (C=O) groups excluding carboxylic acids is 3. The van der Waals surface area contributed by atoms with Gasteiger partial charge in [-0.1, -0.05) is 53.2 Å². The molecular formula is C40H66N4O7. The molecule has 1 amide bonds. The summed E-state index contributed by atoms with van der Waals surface area (Å²) < 4.78 is 25.3. The normalized spacial score (nSPS) is 36.2. The molecule has 0 aromatic heterocycles. The lowest BCUT2D eigenvalue weighted by molar-refractivity contribution is -0.238. The number of ketones is 1. The molecule has 1 aromatic carbocycles. The fourth-order valence-electron chi connectivity index (χ4n) is 8.69. The molecule has 12 atom stereocenters. The summed E-state index contributed by atoms with van der Waals surface area (Å²) in [5.74, 6) is -1.08. The average molecular weight is 715 g/mol. The topological polar surface area (TPSA) is 155 Å². The number of hydrogen-bond donors (Lipinski definition) is 3. The fraction of sp³-hybridized carbons (Fsp3) is 0.775. The molecule has 3 heterocycles. The van der Waals surface area contributed by atoms with E-state index in [9.17, 15) is 14.4 Å². The van der Waals surface area contributed by atoms with Gasteiger partial charge in [0.2, 0.25) is 0 Å². The molecule has 51 heavy (non-hydrogen) atoms. The number of rotatable bonds is 11. The summed E-state index contributed by atoms with van der Waals surface area (Å²) in [7, 11) is 0. The maximum atomic E-state index is 14.1. The zero-order valence-electron chi connectivity index (χ0n) is 32.4. The summed E-state index contributed by atoms with van der Waals surface area (Å²) in [4.78, 5) is 43.5. The number of nitrogens with zero attached hydrogens (tertiary/aromatic N) is 1. The molecule has 4 rings (SSSR count). The molecule has 1 aromatic rings. The molecule has 0 bridgehead atoms. The van der Waals surface area contributed by atoms with E-state index in [4.69, 9.17) is 30.4 Å². The number of nitrogens with one attached hydrogen (secondary N) is 1. The van der Waals surface area contributed by atoms with Gasteiger partial charge >= 0.3 is 12.1 Å². The molecule has 12 unspecified atom stereocenters. The number of amides is 1. The minimum Gasteiger partial charge on any atom is -0.458 e. The van der Waals surface area contributed by atoms with Crippen molar-refractivity contribution < 1.29 is 33.3 Å². The van der Waals surface area contributed by atoms with Gasteiger partial charge in [0.15, 0.2) is 11.9 Å². The highest BCUT2D eigenvalue weighted by atomic mass is 16.7. The number of hydrogen-bond acceptors (Lipinski definition) is 10. The van der Waals surface area contributed by atoms with Crippen LogP contribution in [0.3, 0.4) is 0 Å². The minimum atomic E-state index is -1.22. The Bertz CT molecular complexity index is 1300. The van der Waals surface area contributed by atoms with Gasteiger partial charge in [0.1, 0.15) is 11.9 Å². The van der Waals surface area contributed by atoms with Crippen molar-refractivity contribution >= 4 is 23.5 Å². The molecule has 3 fully saturated rings. The maximum Gasteiger partial charge on any atom is 0.410 e. The second kappa shape index (κ2) is 18.3. The zero-order chi connectivity index (χ0) is 37.5. The van der Waals surface area contributed by atoms with Crippen molar-refractivity contribution in [2.24, 2.45) is 35.3 Å². The monoisotopic (exact) mass is 714 g/mol. The van der Waals surface area contributed by atoms with E-state index in [1.54, 1.807) is 4.90 Å². The summed E-state index contributed by atoms with van der Waals surface area (Å²) in [5, 5.41) is 3.41. The Kier molecular flexibility index (Phi) is 14.8. The predicted molar refractivity (Wildman–Crippen MR) is 199 cm³/mol. The van der Waals surface area contributed by atoms with Crippen molar-refractivity contribution in [1.29, 1.82) is 0 Å². The number of Topliss-reactive ketones (excluding diaryl/α,β-unsaturated/α-hetero) is 1. The number of nitrogen functional groups attached to an aromatic ring is 1. The van der Waals surface area contributed by atoms with Crippen LogP contribution in [-0.4, -0.2) is 78.6 Å². The van der Waals surface area contributed by atoms with Gasteiger partial charge in [-0.15, -0.1) is 0 Å². The van der Waals surface area contributed by atoms with Gasteiger partial charge in [-0.2, -0.15) is 0 Å². The number of carbonyl (C=O) groups is 3. The van der Waals surface area contributed by atoms with E-state index in [0.717, 1.165) is 37.7 Å². The predicted octanol–water partition coefficient (Wildman–Crippen LogP) is 6.38. The van der Waals surface area contributed by atoms with E-state index in [-0.39, 0.29) is 29.8 Å². The van der Waals surface area contributed by atoms with Crippen molar-refractivity contribution in [3.8, 4) is 0 Å². The maximum absolute atomic E-state index is 14.1. The summed E-state index contributed by atoms with van der Waals surface area (Å²) >= 11 is 0. The zero-order valence-corrected chi connectivity index (χ0v) is 32.4. The Morgan fingerprint density at radius 2 is 1.78 bits per heavy atom. The largest absolute Gasteiger partial charge is 0.458 e. The molecular weight excluding hydrogens is 648 g/mol. The van der Waals surface area contributed by atoms with Gasteiger partial charge in [-0.25, -0.2) is 4.79 Å². The average Bonchev–Trinajstić information content (AvgIpc) is 3.34. The van der Waals surface area contributed by atoms with Crippen LogP contribution in [0.15, 0.2) is 24.3 Å². The summed E-state index contributed by atoms with van der Waals surface area (Å²) in [6.45, 7) is 17.6. The van der Waals surface area contributed by atoms with E-state index in [2.05, 4.69) is 26.1 Å². The first kappa shape index (κ1) is 41.0. The van der Waals surface area contributed by atoms with E-state index in [1.165, 1.54) is 0 Å². The molecule has 0 spiro atoms. The van der Waals surface area contributed by atoms with Crippen LogP contribution >= 0.6 is 0 Å². The second-order valence-corrected chi connectivity index (χ2v) is 16.1. The standard InChI is InChI=1S/C40H66N4O7/c1-9-33-40(8)37(44(39(47)51-40)19-11-10-18-43-23-32(42)30-16-13-17-31(41)22-30)28(6)35(45)25(3)14-12-15-26(4)36(29(7)38(46)49-33)50-34-21-24(2)20-27(5)48-34/h13,16-17,22,24-29,32-34,36-37,43H,9-12,14-15,18-21,23,41-42H2,1-8H3. The fourth-order valence-corrected chi connectivity index (χ4v) is 8.69. The van der Waals surface area contributed by atoms with Crippen LogP contribution in [0.25, 0.3) is 0 Å². The second-order valence-electron chi connectivity index (χ2n) is 16.1. The van der Waals surface area contributed by atoms with Crippen LogP contribution in [0, 0.1) is 29.6 Å². The molecule has 3 aliphatic rings. The van der Waals surface area contributed by atoms with Crippen molar-refractivity contribution in [3.05, 3.63) is 29.8 Å². The Morgan fingerprint density at radius 3 is 2.47 bits per heavy atom. The number of anilines is 1. The number of unbranched alkanes of at least 4 members (excludes halogenated alkanes) is 1. The molecule has 3 aliphatic heterocycles. The van der Waals surface area contributed by atoms with Crippen LogP contribution in [0.2, 0.25) is 0 Å². The van der Waals surface area contributed by atoms with Gasteiger partial charge in [-0.3, -0.25) is 9.59 Å². The van der Waals surface area contributed by atoms with E-state index in [0.29, 0.717) is 50.5 Å². The quantitative estimate of drug-likeness (QED) is 0.134. The van der Waals surface area contributed by atoms with Gasteiger partial charge < -0.3 is 40.6 Å². The van der Waals surface area contributed by atoms with E-state index in [1.807, 2.05) is 58.9 Å². The molecule has 11 nitrogen and oxygen atoms in total. The number of benzene rings is 1. The Balaban J connectivity index is 1.49. The first-order valence-electron chi connectivity index (χ1n) is 19.5. The number of esters is 1. The Morgan fingerprint density at radius 1 is 1.04 bits per heavy atom. The molecule has 0 saturated carbocycles. The van der Waals surface area contributed by atoms with E-state index >= 15 is 0 Å². The van der Waals surface area contributed by atoms with Crippen molar-refractivity contribution in [3.63, 3.8) is 0 Å². The number of cyclic esters (lactones) is 1. The van der Waals surface area contributed by atoms with Crippen LogP contribution in [0.1, 0.15) is 118 Å². The van der Waals surface area contributed by atoms with Gasteiger partial charge in [0.05, 0.1) is 24.2 Å². The summed E-state index contributed by atoms with van der Waals surface area (Å²) in [6, 6.07) is 6.82. The van der Waals surface area contributed by atoms with Gasteiger partial charge in [0, 0.05) is 43.1 Å². The molecule has 288 valence electrons. The van der Waals surface area contributed by atoms with Crippen molar-refractivity contribution in [2.75, 3.05) is 25.4 Å². The first-order chi connectivity index (χ1) is 24.2. The Labute approximate surface area is 306 Å². The van der Waals surface area contributed by atoms with Crippen molar-refractivity contribution in [2.45, 2.75) is 149 Å². The lowest BCUT2D eigenvalue weighted by Crippen LogP contribution is -2.57. The lowest BCUT2D eigenvalue weighted by atomic mass is 9.76. The highest BCUT2D eigenvalue weighted by Gasteiger charge is 2.59. The highest BCUT2D eigenvalue weighted by Crippen LogP contribution is 2.42. The summed E-state index contributed by atoms with van der Waals surface area (Å²) in [5.41, 5.74) is 12.7. The molecule has 0 radical (unpaired) electrons. The number of fused-ring (bicyclic) bond motifs is 1. The van der Waals surface area contributed by atoms with Crippen molar-refractivity contribution in [1.82, 2.24) is 10.2 Å². The summed E-state index contributed by atoms with van der Waals surface area (Å²) in [6.07, 6.45) is 4.02. The minimum absolute atomic E-state index is 0.0388. The smallest absolute Gasteiger partial charge is 0.410 e. The number of ether oxygens (including phenoxy) is 4.